The zero-order valence-corrected chi connectivity index (χ0v) is 22.4. The quantitative estimate of drug-likeness (QED) is 0.119. The molecule has 3 heterocycles. The van der Waals surface area contributed by atoms with Crippen LogP contribution in [0.4, 0.5) is 0 Å². The second-order valence-electron chi connectivity index (χ2n) is 10.3. The molecular formula is C27H30O17. The van der Waals surface area contributed by atoms with Gasteiger partial charge in [-0.2, -0.15) is 0 Å². The number of fused-ring (bicyclic) bond motifs is 1. The molecule has 10 unspecified atom stereocenters. The van der Waals surface area contributed by atoms with Crippen molar-refractivity contribution in [3.8, 4) is 40.1 Å². The van der Waals surface area contributed by atoms with Gasteiger partial charge in [0.2, 0.25) is 17.5 Å². The minimum absolute atomic E-state index is 0.0707. The first-order valence-corrected chi connectivity index (χ1v) is 13.2. The van der Waals surface area contributed by atoms with Gasteiger partial charge >= 0.3 is 0 Å². The van der Waals surface area contributed by atoms with Crippen molar-refractivity contribution < 1.29 is 79.5 Å². The summed E-state index contributed by atoms with van der Waals surface area (Å²) >= 11 is 0. The third-order valence-electron chi connectivity index (χ3n) is 7.35. The second kappa shape index (κ2) is 12.3. The van der Waals surface area contributed by atoms with Crippen LogP contribution in [0.5, 0.6) is 28.7 Å². The second-order valence-corrected chi connectivity index (χ2v) is 10.3. The molecule has 0 aliphatic carbocycles. The van der Waals surface area contributed by atoms with Crippen LogP contribution in [0.2, 0.25) is 0 Å². The number of aliphatic hydroxyl groups excluding tert-OH is 7. The highest BCUT2D eigenvalue weighted by Crippen LogP contribution is 2.40. The van der Waals surface area contributed by atoms with Crippen molar-refractivity contribution in [3.05, 3.63) is 40.6 Å². The van der Waals surface area contributed by atoms with Gasteiger partial charge in [-0.3, -0.25) is 4.79 Å². The molecule has 0 radical (unpaired) electrons. The summed E-state index contributed by atoms with van der Waals surface area (Å²) in [5.41, 5.74) is -1.47. The van der Waals surface area contributed by atoms with Gasteiger partial charge < -0.3 is 79.5 Å². The maximum absolute atomic E-state index is 13.7. The smallest absolute Gasteiger partial charge is 0.239 e. The van der Waals surface area contributed by atoms with Crippen LogP contribution in [0.1, 0.15) is 0 Å². The number of hydrogen-bond acceptors (Lipinski definition) is 17. The Morgan fingerprint density at radius 1 is 0.705 bits per heavy atom. The Balaban J connectivity index is 1.61. The van der Waals surface area contributed by atoms with Gasteiger partial charge in [-0.15, -0.1) is 0 Å². The maximum atomic E-state index is 13.7. The van der Waals surface area contributed by atoms with Crippen LogP contribution in [0.3, 0.4) is 0 Å². The van der Waals surface area contributed by atoms with E-state index in [1.54, 1.807) is 0 Å². The number of aliphatic hydroxyl groups is 7. The van der Waals surface area contributed by atoms with Gasteiger partial charge in [-0.05, 0) is 18.2 Å². The summed E-state index contributed by atoms with van der Waals surface area (Å²) in [4.78, 5) is 13.7. The Morgan fingerprint density at radius 3 is 1.98 bits per heavy atom. The predicted molar refractivity (Wildman–Crippen MR) is 142 cm³/mol. The molecule has 44 heavy (non-hydrogen) atoms. The molecule has 17 heteroatoms. The third-order valence-corrected chi connectivity index (χ3v) is 7.35. The van der Waals surface area contributed by atoms with E-state index < -0.39 is 120 Å². The van der Waals surface area contributed by atoms with Crippen LogP contribution in [0.15, 0.2) is 39.5 Å². The lowest BCUT2D eigenvalue weighted by Crippen LogP contribution is -2.65. The van der Waals surface area contributed by atoms with Gasteiger partial charge in [-0.25, -0.2) is 0 Å². The minimum Gasteiger partial charge on any atom is -0.508 e. The highest BCUT2D eigenvalue weighted by Gasteiger charge is 2.51. The zero-order valence-electron chi connectivity index (χ0n) is 22.4. The van der Waals surface area contributed by atoms with Crippen LogP contribution in [0.25, 0.3) is 22.3 Å². The molecule has 17 nitrogen and oxygen atoms in total. The number of hydrogen-bond donors (Lipinski definition) is 11. The fourth-order valence-corrected chi connectivity index (χ4v) is 4.98. The number of rotatable bonds is 7. The van der Waals surface area contributed by atoms with Crippen molar-refractivity contribution in [3.63, 3.8) is 0 Å². The van der Waals surface area contributed by atoms with Crippen molar-refractivity contribution in [1.29, 1.82) is 0 Å². The molecular weight excluding hydrogens is 596 g/mol. The van der Waals surface area contributed by atoms with Gasteiger partial charge in [0.15, 0.2) is 29.7 Å². The van der Waals surface area contributed by atoms with E-state index in [0.717, 1.165) is 24.3 Å². The largest absolute Gasteiger partial charge is 0.508 e. The van der Waals surface area contributed by atoms with Crippen molar-refractivity contribution in [1.82, 2.24) is 0 Å². The van der Waals surface area contributed by atoms with Crippen LogP contribution in [-0.2, 0) is 14.2 Å². The van der Waals surface area contributed by atoms with Crippen molar-refractivity contribution >= 4 is 11.0 Å². The fourth-order valence-electron chi connectivity index (χ4n) is 4.98. The average Bonchev–Trinajstić information content (AvgIpc) is 2.98. The van der Waals surface area contributed by atoms with Crippen molar-refractivity contribution in [2.45, 2.75) is 61.4 Å². The molecule has 11 N–H and O–H groups in total. The molecule has 240 valence electrons. The first-order valence-electron chi connectivity index (χ1n) is 13.2. The molecule has 2 fully saturated rings. The zero-order chi connectivity index (χ0) is 32.0. The Kier molecular flexibility index (Phi) is 8.87. The topological polar surface area (TPSA) is 290 Å². The van der Waals surface area contributed by atoms with Crippen LogP contribution >= 0.6 is 0 Å². The predicted octanol–water partition coefficient (Wildman–Crippen LogP) is -2.71. The Morgan fingerprint density at radius 2 is 1.34 bits per heavy atom. The Bertz CT molecular complexity index is 1560. The van der Waals surface area contributed by atoms with Crippen molar-refractivity contribution in [2.24, 2.45) is 0 Å². The monoisotopic (exact) mass is 626 g/mol. The summed E-state index contributed by atoms with van der Waals surface area (Å²) in [5.74, 6) is -3.54. The fraction of sp³-hybridized carbons (Fsp3) is 0.444. The molecule has 0 spiro atoms. The van der Waals surface area contributed by atoms with E-state index in [1.165, 1.54) is 6.07 Å². The summed E-state index contributed by atoms with van der Waals surface area (Å²) in [5, 5.41) is 111. The lowest BCUT2D eigenvalue weighted by molar-refractivity contribution is -0.358. The molecule has 3 aromatic rings. The van der Waals surface area contributed by atoms with Gasteiger partial charge in [0.05, 0.1) is 13.2 Å². The van der Waals surface area contributed by atoms with E-state index in [2.05, 4.69) is 0 Å². The van der Waals surface area contributed by atoms with E-state index in [0.29, 0.717) is 0 Å². The molecule has 2 aliphatic heterocycles. The van der Waals surface area contributed by atoms with Crippen LogP contribution < -0.4 is 10.2 Å². The molecule has 5 rings (SSSR count). The molecule has 2 saturated heterocycles. The van der Waals surface area contributed by atoms with E-state index in [-0.39, 0.29) is 11.1 Å². The molecule has 2 aromatic carbocycles. The standard InChI is InChI=1S/C27H30O17/c28-6-14-17(34)20(37)22(39)26(41-14)44-25-21(38)18(35)15(7-29)42-27(25)43-24-19(36)16-12(33)4-9(30)5-13(16)40-23(24)8-1-2-10(31)11(32)3-8/h1-5,14-15,17-18,20-22,25-35,37-39H,6-7H2. The average molecular weight is 627 g/mol. The summed E-state index contributed by atoms with van der Waals surface area (Å²) in [7, 11) is 0. The number of aromatic hydroxyl groups is 4. The molecule has 10 atom stereocenters. The summed E-state index contributed by atoms with van der Waals surface area (Å²) < 4.78 is 28.1. The van der Waals surface area contributed by atoms with E-state index in [9.17, 15) is 61.0 Å². The third kappa shape index (κ3) is 5.61. The van der Waals surface area contributed by atoms with E-state index in [4.69, 9.17) is 23.4 Å². The maximum Gasteiger partial charge on any atom is 0.239 e. The lowest BCUT2D eigenvalue weighted by Gasteiger charge is -2.45. The van der Waals surface area contributed by atoms with Crippen LogP contribution in [0, 0.1) is 0 Å². The summed E-state index contributed by atoms with van der Waals surface area (Å²) in [6.45, 7) is -1.68. The lowest BCUT2D eigenvalue weighted by atomic mass is 9.97. The summed E-state index contributed by atoms with van der Waals surface area (Å²) in [6, 6.07) is 5.12. The summed E-state index contributed by atoms with van der Waals surface area (Å²) in [6.07, 6.45) is -18.0. The Labute approximate surface area is 246 Å². The number of phenols is 4. The SMILES string of the molecule is O=c1c(OC2OC(CO)C(O)C(O)C2OC2OC(CO)C(O)C(O)C2O)c(-c2ccc(O)c(O)c2)oc2cc(O)cc(O)c12. The normalized spacial score (nSPS) is 32.5. The van der Waals surface area contributed by atoms with Crippen molar-refractivity contribution in [2.75, 3.05) is 13.2 Å². The minimum atomic E-state index is -1.97. The van der Waals surface area contributed by atoms with Gasteiger partial charge in [0.1, 0.15) is 65.2 Å². The van der Waals surface area contributed by atoms with E-state index in [1.807, 2.05) is 0 Å². The first-order chi connectivity index (χ1) is 20.9. The number of ether oxygens (including phenoxy) is 4. The van der Waals surface area contributed by atoms with Gasteiger partial charge in [0.25, 0.3) is 0 Å². The highest BCUT2D eigenvalue weighted by atomic mass is 16.8. The van der Waals surface area contributed by atoms with Crippen LogP contribution in [-0.4, -0.2) is 131 Å². The van der Waals surface area contributed by atoms with E-state index >= 15 is 0 Å². The molecule has 2 aliphatic rings. The molecule has 0 bridgehead atoms. The van der Waals surface area contributed by atoms with Gasteiger partial charge in [0, 0.05) is 17.7 Å². The molecule has 0 saturated carbocycles. The number of phenolic OH excluding ortho intramolecular Hbond substituents is 4. The first kappa shape index (κ1) is 31.7. The molecule has 0 amide bonds. The molecule has 1 aromatic heterocycles. The van der Waals surface area contributed by atoms with Gasteiger partial charge in [-0.1, -0.05) is 0 Å². The highest BCUT2D eigenvalue weighted by molar-refractivity contribution is 5.88. The Hall–Kier alpha value is -3.75. The number of benzene rings is 2.